The van der Waals surface area contributed by atoms with Crippen LogP contribution in [0.5, 0.6) is 0 Å². The second-order valence-corrected chi connectivity index (χ2v) is 5.78. The fraction of sp³-hybridized carbons (Fsp3) is 0.562. The third-order valence-corrected chi connectivity index (χ3v) is 3.34. The van der Waals surface area contributed by atoms with Crippen LogP contribution in [-0.4, -0.2) is 12.5 Å². The maximum absolute atomic E-state index is 13.1. The van der Waals surface area contributed by atoms with Crippen molar-refractivity contribution in [1.82, 2.24) is 5.32 Å². The molecule has 0 saturated carbocycles. The number of carbonyl (C=O) groups is 1. The number of hydrogen-bond donors (Lipinski definition) is 2. The molecule has 1 aromatic rings. The van der Waals surface area contributed by atoms with E-state index in [1.54, 1.807) is 6.07 Å². The first-order valence-electron chi connectivity index (χ1n) is 7.17. The molecule has 4 heteroatoms. The predicted octanol–water partition coefficient (Wildman–Crippen LogP) is 3.01. The molecule has 3 N–H and O–H groups in total. The summed E-state index contributed by atoms with van der Waals surface area (Å²) in [6, 6.07) is 6.10. The Morgan fingerprint density at radius 1 is 1.35 bits per heavy atom. The van der Waals surface area contributed by atoms with Gasteiger partial charge in [0.05, 0.1) is 6.04 Å². The minimum absolute atomic E-state index is 0.0298. The van der Waals surface area contributed by atoms with Gasteiger partial charge in [-0.15, -0.1) is 0 Å². The van der Waals surface area contributed by atoms with Crippen LogP contribution in [0.4, 0.5) is 4.39 Å². The average Bonchev–Trinajstić information content (AvgIpc) is 2.37. The molecule has 0 radical (unpaired) electrons. The van der Waals surface area contributed by atoms with Gasteiger partial charge in [0.2, 0.25) is 5.91 Å². The van der Waals surface area contributed by atoms with Crippen molar-refractivity contribution in [3.63, 3.8) is 0 Å². The Kier molecular flexibility index (Phi) is 6.65. The SMILES string of the molecule is CC(C)CC(CN)CC(=O)N[C@@H](C)c1cccc(F)c1. The molecule has 0 heterocycles. The van der Waals surface area contributed by atoms with Gasteiger partial charge in [-0.05, 0) is 49.4 Å². The van der Waals surface area contributed by atoms with E-state index in [4.69, 9.17) is 5.73 Å². The lowest BCUT2D eigenvalue weighted by atomic mass is 9.94. The number of halogens is 1. The molecule has 0 aliphatic carbocycles. The Morgan fingerprint density at radius 2 is 2.05 bits per heavy atom. The van der Waals surface area contributed by atoms with Crippen molar-refractivity contribution in [1.29, 1.82) is 0 Å². The van der Waals surface area contributed by atoms with E-state index in [1.165, 1.54) is 12.1 Å². The lowest BCUT2D eigenvalue weighted by Gasteiger charge is -2.19. The first-order valence-corrected chi connectivity index (χ1v) is 7.17. The molecule has 3 nitrogen and oxygen atoms in total. The van der Waals surface area contributed by atoms with E-state index in [1.807, 2.05) is 13.0 Å². The number of amides is 1. The van der Waals surface area contributed by atoms with Gasteiger partial charge in [0.25, 0.3) is 0 Å². The Hall–Kier alpha value is -1.42. The van der Waals surface area contributed by atoms with Crippen LogP contribution in [0.25, 0.3) is 0 Å². The number of rotatable bonds is 7. The second-order valence-electron chi connectivity index (χ2n) is 5.78. The van der Waals surface area contributed by atoms with Gasteiger partial charge in [-0.25, -0.2) is 4.39 Å². The van der Waals surface area contributed by atoms with Gasteiger partial charge in [-0.2, -0.15) is 0 Å². The van der Waals surface area contributed by atoms with Gasteiger partial charge < -0.3 is 11.1 Å². The Labute approximate surface area is 120 Å². The summed E-state index contributed by atoms with van der Waals surface area (Å²) in [4.78, 5) is 12.0. The summed E-state index contributed by atoms with van der Waals surface area (Å²) in [6.45, 7) is 6.61. The van der Waals surface area contributed by atoms with Crippen LogP contribution in [0.3, 0.4) is 0 Å². The zero-order valence-electron chi connectivity index (χ0n) is 12.5. The molecule has 2 atom stereocenters. The molecule has 0 bridgehead atoms. The van der Waals surface area contributed by atoms with Crippen molar-refractivity contribution in [3.05, 3.63) is 35.6 Å². The van der Waals surface area contributed by atoms with Crippen molar-refractivity contribution < 1.29 is 9.18 Å². The zero-order chi connectivity index (χ0) is 15.1. The second kappa shape index (κ2) is 8.00. The normalized spacial score (nSPS) is 14.1. The number of benzene rings is 1. The van der Waals surface area contributed by atoms with E-state index >= 15 is 0 Å². The minimum atomic E-state index is -0.289. The van der Waals surface area contributed by atoms with E-state index in [9.17, 15) is 9.18 Å². The molecule has 1 amide bonds. The quantitative estimate of drug-likeness (QED) is 0.806. The maximum Gasteiger partial charge on any atom is 0.220 e. The van der Waals surface area contributed by atoms with Crippen molar-refractivity contribution in [3.8, 4) is 0 Å². The summed E-state index contributed by atoms with van der Waals surface area (Å²) in [6.07, 6.45) is 1.37. The van der Waals surface area contributed by atoms with Crippen molar-refractivity contribution in [2.45, 2.75) is 39.7 Å². The van der Waals surface area contributed by atoms with E-state index in [-0.39, 0.29) is 23.7 Å². The van der Waals surface area contributed by atoms with E-state index < -0.39 is 0 Å². The van der Waals surface area contributed by atoms with Crippen molar-refractivity contribution >= 4 is 5.91 Å². The number of hydrogen-bond acceptors (Lipinski definition) is 2. The first kappa shape index (κ1) is 16.6. The summed E-state index contributed by atoms with van der Waals surface area (Å²) in [5.41, 5.74) is 6.47. The fourth-order valence-corrected chi connectivity index (χ4v) is 2.35. The molecule has 1 aromatic carbocycles. The summed E-state index contributed by atoms with van der Waals surface area (Å²) >= 11 is 0. The lowest BCUT2D eigenvalue weighted by molar-refractivity contribution is -0.122. The topological polar surface area (TPSA) is 55.1 Å². The Bertz CT molecular complexity index is 434. The summed E-state index contributed by atoms with van der Waals surface area (Å²) in [5.74, 6) is 0.410. The van der Waals surface area contributed by atoms with Gasteiger partial charge in [-0.3, -0.25) is 4.79 Å². The smallest absolute Gasteiger partial charge is 0.220 e. The molecule has 0 aromatic heterocycles. The number of nitrogens with one attached hydrogen (secondary N) is 1. The molecule has 1 rings (SSSR count). The van der Waals surface area contributed by atoms with E-state index in [0.29, 0.717) is 18.9 Å². The molecule has 1 unspecified atom stereocenters. The Morgan fingerprint density at radius 3 is 2.60 bits per heavy atom. The van der Waals surface area contributed by atoms with Crippen LogP contribution in [0.15, 0.2) is 24.3 Å². The standard InChI is InChI=1S/C16H25FN2O/c1-11(2)7-13(10-18)8-16(20)19-12(3)14-5-4-6-15(17)9-14/h4-6,9,11-13H,7-8,10,18H2,1-3H3,(H,19,20)/t12-,13?/m0/s1. The van der Waals surface area contributed by atoms with Gasteiger partial charge in [0.1, 0.15) is 5.82 Å². The highest BCUT2D eigenvalue weighted by Crippen LogP contribution is 2.17. The van der Waals surface area contributed by atoms with Crippen molar-refractivity contribution in [2.24, 2.45) is 17.6 Å². The molecule has 0 fully saturated rings. The van der Waals surface area contributed by atoms with Gasteiger partial charge >= 0.3 is 0 Å². The highest BCUT2D eigenvalue weighted by atomic mass is 19.1. The van der Waals surface area contributed by atoms with Gasteiger partial charge in [0.15, 0.2) is 0 Å². The summed E-state index contributed by atoms with van der Waals surface area (Å²) in [5, 5.41) is 2.90. The van der Waals surface area contributed by atoms with Crippen LogP contribution in [0, 0.1) is 17.7 Å². The minimum Gasteiger partial charge on any atom is -0.350 e. The molecular formula is C16H25FN2O. The molecular weight excluding hydrogens is 255 g/mol. The molecule has 0 aliphatic rings. The molecule has 0 aliphatic heterocycles. The monoisotopic (exact) mass is 280 g/mol. The fourth-order valence-electron chi connectivity index (χ4n) is 2.35. The molecule has 0 spiro atoms. The van der Waals surface area contributed by atoms with E-state index in [2.05, 4.69) is 19.2 Å². The Balaban J connectivity index is 2.53. The van der Waals surface area contributed by atoms with Crippen molar-refractivity contribution in [2.75, 3.05) is 6.54 Å². The largest absolute Gasteiger partial charge is 0.350 e. The van der Waals surface area contributed by atoms with Crippen LogP contribution < -0.4 is 11.1 Å². The zero-order valence-corrected chi connectivity index (χ0v) is 12.5. The predicted molar refractivity (Wildman–Crippen MR) is 79.6 cm³/mol. The van der Waals surface area contributed by atoms with Gasteiger partial charge in [-0.1, -0.05) is 26.0 Å². The van der Waals surface area contributed by atoms with Crippen LogP contribution >= 0.6 is 0 Å². The highest BCUT2D eigenvalue weighted by Gasteiger charge is 2.16. The highest BCUT2D eigenvalue weighted by molar-refractivity contribution is 5.76. The molecule has 0 saturated heterocycles. The lowest BCUT2D eigenvalue weighted by Crippen LogP contribution is -2.30. The maximum atomic E-state index is 13.1. The number of nitrogens with two attached hydrogens (primary N) is 1. The third kappa shape index (κ3) is 5.70. The molecule has 20 heavy (non-hydrogen) atoms. The van der Waals surface area contributed by atoms with Gasteiger partial charge in [0, 0.05) is 6.42 Å². The van der Waals surface area contributed by atoms with Crippen LogP contribution in [-0.2, 0) is 4.79 Å². The summed E-state index contributed by atoms with van der Waals surface area (Å²) in [7, 11) is 0. The summed E-state index contributed by atoms with van der Waals surface area (Å²) < 4.78 is 13.1. The first-order chi connectivity index (χ1) is 9.42. The number of carbonyl (C=O) groups excluding carboxylic acids is 1. The van der Waals surface area contributed by atoms with Crippen LogP contribution in [0.1, 0.15) is 45.2 Å². The molecule has 112 valence electrons. The third-order valence-electron chi connectivity index (χ3n) is 3.34. The van der Waals surface area contributed by atoms with E-state index in [0.717, 1.165) is 12.0 Å². The average molecular weight is 280 g/mol. The van der Waals surface area contributed by atoms with Crippen LogP contribution in [0.2, 0.25) is 0 Å².